The average molecular weight is 386 g/mol. The van der Waals surface area contributed by atoms with E-state index in [1.54, 1.807) is 0 Å². The average Bonchev–Trinajstić information content (AvgIpc) is 3.22. The fourth-order valence-corrected chi connectivity index (χ4v) is 3.24. The molecule has 10 heteroatoms. The second-order valence-corrected chi connectivity index (χ2v) is 6.82. The number of hydrogen-bond acceptors (Lipinski definition) is 9. The van der Waals surface area contributed by atoms with Gasteiger partial charge in [-0.15, -0.1) is 0 Å². The number of aliphatic hydroxyl groups excluding tert-OH is 3. The molecule has 0 spiro atoms. The van der Waals surface area contributed by atoms with Crippen LogP contribution in [0.5, 0.6) is 0 Å². The number of nitrogens with two attached hydrogens (primary N) is 1. The van der Waals surface area contributed by atoms with Crippen molar-refractivity contribution in [3.8, 4) is 0 Å². The van der Waals surface area contributed by atoms with Gasteiger partial charge in [-0.3, -0.25) is 4.57 Å². The molecule has 6 N–H and O–H groups in total. The molecule has 0 aliphatic carbocycles. The van der Waals surface area contributed by atoms with Crippen molar-refractivity contribution in [1.29, 1.82) is 0 Å². The quantitative estimate of drug-likeness (QED) is 0.406. The summed E-state index contributed by atoms with van der Waals surface area (Å²) < 4.78 is 7.04. The summed E-state index contributed by atoms with van der Waals surface area (Å²) in [7, 11) is 0. The van der Waals surface area contributed by atoms with Gasteiger partial charge in [0.1, 0.15) is 18.3 Å². The monoisotopic (exact) mass is 386 g/mol. The van der Waals surface area contributed by atoms with Gasteiger partial charge in [0.25, 0.3) is 0 Å². The zero-order valence-electron chi connectivity index (χ0n) is 15.2. The van der Waals surface area contributed by atoms with Crippen LogP contribution in [0.2, 0.25) is 0 Å². The van der Waals surface area contributed by atoms with E-state index in [-0.39, 0.29) is 5.95 Å². The third kappa shape index (κ3) is 3.27. The molecule has 1 aromatic carbocycles. The van der Waals surface area contributed by atoms with Crippen LogP contribution in [-0.2, 0) is 11.3 Å². The first-order chi connectivity index (χ1) is 13.5. The number of nitrogen functional groups attached to an aromatic ring is 1. The largest absolute Gasteiger partial charge is 0.394 e. The number of hydrogen-bond donors (Lipinski definition) is 5. The van der Waals surface area contributed by atoms with Crippen LogP contribution in [0.15, 0.2) is 30.6 Å². The fraction of sp³-hybridized carbons (Fsp3) is 0.389. The first kappa shape index (κ1) is 18.6. The number of benzene rings is 1. The van der Waals surface area contributed by atoms with Crippen LogP contribution in [-0.4, -0.2) is 59.8 Å². The lowest BCUT2D eigenvalue weighted by Crippen LogP contribution is -2.33. The lowest BCUT2D eigenvalue weighted by atomic mass is 10.1. The Morgan fingerprint density at radius 3 is 2.61 bits per heavy atom. The number of aromatic nitrogens is 4. The van der Waals surface area contributed by atoms with E-state index in [4.69, 9.17) is 10.5 Å². The standard InChI is InChI=1S/C18H22N6O4/c1-9-2-4-10(5-3-9)6-20-15-12-16(23-18(19)22-15)24(8-21-12)17-14(27)13(26)11(7-25)28-17/h2-5,8,11,13-14,17,25-27H,6-7H2,1H3,(H3,19,20,22,23)/t11-,13-,14-,17?/m1/s1. The van der Waals surface area contributed by atoms with Crippen LogP contribution < -0.4 is 11.1 Å². The van der Waals surface area contributed by atoms with Gasteiger partial charge in [-0.25, -0.2) is 4.98 Å². The van der Waals surface area contributed by atoms with Crippen LogP contribution in [0.25, 0.3) is 11.2 Å². The fourth-order valence-electron chi connectivity index (χ4n) is 3.24. The summed E-state index contributed by atoms with van der Waals surface area (Å²) in [4.78, 5) is 12.8. The van der Waals surface area contributed by atoms with Gasteiger partial charge in [-0.2, -0.15) is 9.97 Å². The van der Waals surface area contributed by atoms with Gasteiger partial charge >= 0.3 is 0 Å². The van der Waals surface area contributed by atoms with E-state index < -0.39 is 31.1 Å². The lowest BCUT2D eigenvalue weighted by Gasteiger charge is -2.16. The topological polar surface area (TPSA) is 152 Å². The number of nitrogens with one attached hydrogen (secondary N) is 1. The van der Waals surface area contributed by atoms with Gasteiger partial charge in [-0.1, -0.05) is 29.8 Å². The highest BCUT2D eigenvalue weighted by molar-refractivity contribution is 5.84. The molecule has 1 fully saturated rings. The summed E-state index contributed by atoms with van der Waals surface area (Å²) in [6.45, 7) is 2.13. The van der Waals surface area contributed by atoms with Crippen LogP contribution in [0, 0.1) is 6.92 Å². The van der Waals surface area contributed by atoms with E-state index in [1.165, 1.54) is 16.5 Å². The molecule has 4 rings (SSSR count). The van der Waals surface area contributed by atoms with Crippen molar-refractivity contribution in [1.82, 2.24) is 19.5 Å². The Hall–Kier alpha value is -2.79. The molecule has 148 valence electrons. The highest BCUT2D eigenvalue weighted by atomic mass is 16.6. The van der Waals surface area contributed by atoms with E-state index in [1.807, 2.05) is 31.2 Å². The summed E-state index contributed by atoms with van der Waals surface area (Å²) >= 11 is 0. The highest BCUT2D eigenvalue weighted by Gasteiger charge is 2.44. The maximum Gasteiger partial charge on any atom is 0.224 e. The number of aryl methyl sites for hydroxylation is 1. The number of aliphatic hydroxyl groups is 3. The molecule has 3 heterocycles. The minimum atomic E-state index is -1.24. The molecule has 0 saturated carbocycles. The maximum atomic E-state index is 10.3. The molecule has 0 radical (unpaired) electrons. The Morgan fingerprint density at radius 1 is 1.18 bits per heavy atom. The molecule has 3 aromatic rings. The van der Waals surface area contributed by atoms with E-state index >= 15 is 0 Å². The number of fused-ring (bicyclic) bond motifs is 1. The molecule has 0 bridgehead atoms. The summed E-state index contributed by atoms with van der Waals surface area (Å²) in [6.07, 6.45) is -2.86. The zero-order valence-corrected chi connectivity index (χ0v) is 15.2. The number of imidazole rings is 1. The van der Waals surface area contributed by atoms with Gasteiger partial charge in [0.05, 0.1) is 12.9 Å². The Labute approximate surface area is 160 Å². The van der Waals surface area contributed by atoms with E-state index in [0.717, 1.165) is 5.56 Å². The number of rotatable bonds is 5. The van der Waals surface area contributed by atoms with Crippen LogP contribution in [0.4, 0.5) is 11.8 Å². The van der Waals surface area contributed by atoms with Crippen LogP contribution in [0.3, 0.4) is 0 Å². The summed E-state index contributed by atoms with van der Waals surface area (Å²) in [5.41, 5.74) is 8.92. The summed E-state index contributed by atoms with van der Waals surface area (Å²) in [5, 5.41) is 32.8. The minimum absolute atomic E-state index is 0.0346. The second kappa shape index (κ2) is 7.32. The summed E-state index contributed by atoms with van der Waals surface area (Å²) in [6, 6.07) is 8.08. The van der Waals surface area contributed by atoms with Crippen LogP contribution in [0.1, 0.15) is 17.4 Å². The number of ether oxygens (including phenoxy) is 1. The Balaban J connectivity index is 1.64. The van der Waals surface area contributed by atoms with Gasteiger partial charge in [0.2, 0.25) is 5.95 Å². The highest BCUT2D eigenvalue weighted by Crippen LogP contribution is 2.32. The molecule has 10 nitrogen and oxygen atoms in total. The first-order valence-corrected chi connectivity index (χ1v) is 8.90. The molecular formula is C18H22N6O4. The van der Waals surface area contributed by atoms with Crippen molar-refractivity contribution in [2.24, 2.45) is 0 Å². The third-order valence-electron chi connectivity index (χ3n) is 4.81. The van der Waals surface area contributed by atoms with Crippen molar-refractivity contribution in [3.63, 3.8) is 0 Å². The third-order valence-corrected chi connectivity index (χ3v) is 4.81. The van der Waals surface area contributed by atoms with Crippen molar-refractivity contribution in [3.05, 3.63) is 41.7 Å². The van der Waals surface area contributed by atoms with E-state index in [0.29, 0.717) is 23.5 Å². The van der Waals surface area contributed by atoms with Crippen molar-refractivity contribution >= 4 is 22.9 Å². The van der Waals surface area contributed by atoms with Gasteiger partial charge < -0.3 is 31.1 Å². The van der Waals surface area contributed by atoms with Gasteiger partial charge in [0, 0.05) is 6.54 Å². The van der Waals surface area contributed by atoms with E-state index in [9.17, 15) is 15.3 Å². The number of nitrogens with zero attached hydrogens (tertiary/aromatic N) is 4. The predicted octanol–water partition coefficient (Wildman–Crippen LogP) is -0.0595. The molecule has 1 aliphatic heterocycles. The molecule has 0 amide bonds. The van der Waals surface area contributed by atoms with E-state index in [2.05, 4.69) is 20.3 Å². The molecule has 2 aromatic heterocycles. The molecule has 1 unspecified atom stereocenters. The Bertz CT molecular complexity index is 976. The van der Waals surface area contributed by atoms with Gasteiger partial charge in [0.15, 0.2) is 23.2 Å². The Kier molecular flexibility index (Phi) is 4.85. The SMILES string of the molecule is Cc1ccc(CNc2nc(N)nc3c2ncn3C2O[C@H](CO)[C@@H](O)[C@H]2O)cc1. The van der Waals surface area contributed by atoms with Gasteiger partial charge in [-0.05, 0) is 12.5 Å². The van der Waals surface area contributed by atoms with Crippen LogP contribution >= 0.6 is 0 Å². The molecule has 1 saturated heterocycles. The predicted molar refractivity (Wildman–Crippen MR) is 101 cm³/mol. The second-order valence-electron chi connectivity index (χ2n) is 6.82. The molecule has 1 aliphatic rings. The zero-order chi connectivity index (χ0) is 19.8. The van der Waals surface area contributed by atoms with Crippen molar-refractivity contribution < 1.29 is 20.1 Å². The van der Waals surface area contributed by atoms with Crippen molar-refractivity contribution in [2.75, 3.05) is 17.7 Å². The molecule has 28 heavy (non-hydrogen) atoms. The Morgan fingerprint density at radius 2 is 1.93 bits per heavy atom. The van der Waals surface area contributed by atoms with Crippen molar-refractivity contribution in [2.45, 2.75) is 38.0 Å². The minimum Gasteiger partial charge on any atom is -0.394 e. The number of anilines is 2. The lowest BCUT2D eigenvalue weighted by molar-refractivity contribution is -0.0511. The maximum absolute atomic E-state index is 10.3. The first-order valence-electron chi connectivity index (χ1n) is 8.90. The molecule has 4 atom stereocenters. The normalized spacial score (nSPS) is 24.7. The molecular weight excluding hydrogens is 364 g/mol. The summed E-state index contributed by atoms with van der Waals surface area (Å²) in [5.74, 6) is 0.487. The smallest absolute Gasteiger partial charge is 0.224 e.